The van der Waals surface area contributed by atoms with Gasteiger partial charge in [0.2, 0.25) is 0 Å². The summed E-state index contributed by atoms with van der Waals surface area (Å²) in [5.41, 5.74) is 6.55. The van der Waals surface area contributed by atoms with Gasteiger partial charge >= 0.3 is 30.7 Å². The number of methoxy groups -OCH3 is 1. The van der Waals surface area contributed by atoms with Crippen molar-refractivity contribution in [3.05, 3.63) is 125 Å². The van der Waals surface area contributed by atoms with E-state index in [1.165, 1.54) is 44.9 Å². The number of carbonyl (C=O) groups is 1. The number of halogens is 5. The molecule has 0 aromatic carbocycles. The van der Waals surface area contributed by atoms with E-state index in [9.17, 15) is 14.4 Å². The van der Waals surface area contributed by atoms with Gasteiger partial charge in [0.25, 0.3) is 11.1 Å². The molecule has 0 saturated carbocycles. The maximum absolute atomic E-state index is 11.2. The van der Waals surface area contributed by atoms with Crippen molar-refractivity contribution in [2.75, 3.05) is 7.11 Å². The first-order chi connectivity index (χ1) is 28.9. The molecule has 0 aliphatic carbocycles. The van der Waals surface area contributed by atoms with Crippen molar-refractivity contribution in [1.29, 1.82) is 0 Å². The number of aryl methyl sites for hydroxylation is 1. The van der Waals surface area contributed by atoms with Crippen molar-refractivity contribution in [3.63, 3.8) is 0 Å². The molecule has 1 radical (unpaired) electrons. The van der Waals surface area contributed by atoms with E-state index in [-0.39, 0.29) is 22.2 Å². The number of nitrogens with zero attached hydrogens (tertiary/aromatic N) is 10. The molecule has 10 aromatic heterocycles. The van der Waals surface area contributed by atoms with Crippen molar-refractivity contribution in [2.24, 2.45) is 11.3 Å². The second-order valence-electron chi connectivity index (χ2n) is 11.1. The molecule has 10 aromatic rings. The third-order valence-corrected chi connectivity index (χ3v) is 9.59. The van der Waals surface area contributed by atoms with Crippen LogP contribution in [0.3, 0.4) is 0 Å². The average Bonchev–Trinajstić information content (AvgIpc) is 4.09. The molecule has 0 aliphatic heterocycles. The van der Waals surface area contributed by atoms with E-state index in [1.807, 2.05) is 23.9 Å². The molecule has 0 spiro atoms. The van der Waals surface area contributed by atoms with Crippen LogP contribution >= 0.6 is 79.5 Å². The Bertz CT molecular complexity index is 3170. The van der Waals surface area contributed by atoms with E-state index < -0.39 is 5.97 Å². The molecule has 0 fully saturated rings. The SMILES string of the molecule is COC(=O)c1c[nH]c2c(=O)[nH]cnc12.Clc1ncnc2c(Br)c[nH]c12.Clc1ncnc2cc[nH]c12.Cn1cc(Br)c2ncnc(Cl)c21.O=c1[nH]cnc2cc[nH]c12.[B]=NS. The fourth-order valence-electron chi connectivity index (χ4n) is 4.96. The van der Waals surface area contributed by atoms with Crippen molar-refractivity contribution in [1.82, 2.24) is 74.3 Å². The summed E-state index contributed by atoms with van der Waals surface area (Å²) >= 11 is 27.3. The van der Waals surface area contributed by atoms with Crippen molar-refractivity contribution >= 4 is 148 Å². The predicted molar refractivity (Wildman–Crippen MR) is 239 cm³/mol. The summed E-state index contributed by atoms with van der Waals surface area (Å²) in [6, 6.07) is 3.60. The number of H-pyrrole nitrogens is 6. The number of esters is 1. The molecule has 60 heavy (non-hydrogen) atoms. The standard InChI is InChI=1S/C8H7N3O3.C7H5BrClN3.C6H3BrClN3.C6H4ClN3.C6H5N3O.BHNS/c1-14-8(13)4-2-9-6-5(4)10-3-11-7(6)12;1-12-2-4(8)5-6(12)7(9)11-3-10-5;7-3-1-9-5-4(3)10-2-11-6(5)8;7-6-5-4(1-2-8-5)9-3-10-6;10-6-5-4(1-2-7-5)8-3-9-6;1-2-3/h2-3,9H,1H3,(H,10,11,12);2-3H,1H3;1-2,9H;1-3,8H;1-3,7H,(H,8,9,10);3H. The van der Waals surface area contributed by atoms with Gasteiger partial charge in [-0.3, -0.25) is 9.59 Å². The number of aromatic nitrogens is 15. The fourth-order valence-corrected chi connectivity index (χ4v) is 6.62. The van der Waals surface area contributed by atoms with E-state index in [2.05, 4.69) is 131 Å². The zero-order valence-corrected chi connectivity index (χ0v) is 36.8. The van der Waals surface area contributed by atoms with Crippen LogP contribution in [0.4, 0.5) is 0 Å². The van der Waals surface area contributed by atoms with Crippen LogP contribution < -0.4 is 11.1 Å². The van der Waals surface area contributed by atoms with Gasteiger partial charge in [0, 0.05) is 38.0 Å². The normalized spacial score (nSPS) is 10.2. The zero-order chi connectivity index (χ0) is 43.3. The quantitative estimate of drug-likeness (QED) is 0.0385. The molecule has 20 nitrogen and oxygen atoms in total. The second-order valence-corrected chi connectivity index (χ2v) is 14.1. The first-order valence-corrected chi connectivity index (χ1v) is 19.4. The molecule has 305 valence electrons. The van der Waals surface area contributed by atoms with E-state index in [0.29, 0.717) is 32.0 Å². The fraction of sp³-hybridized carbons (Fsp3) is 0.0606. The van der Waals surface area contributed by atoms with Crippen molar-refractivity contribution in [3.8, 4) is 0 Å². The van der Waals surface area contributed by atoms with Crippen LogP contribution in [0.2, 0.25) is 15.5 Å². The topological polar surface area (TPSA) is 276 Å². The Hall–Kier alpha value is -5.79. The Kier molecular flexibility index (Phi) is 16.2. The monoisotopic (exact) mass is 1010 g/mol. The van der Waals surface area contributed by atoms with Crippen molar-refractivity contribution < 1.29 is 9.53 Å². The summed E-state index contributed by atoms with van der Waals surface area (Å²) in [6.07, 6.45) is 15.5. The number of hydrogen-bond acceptors (Lipinski definition) is 14. The molecule has 10 heterocycles. The minimum atomic E-state index is -0.519. The molecular weight excluding hydrogens is 994 g/mol. The van der Waals surface area contributed by atoms with E-state index in [4.69, 9.17) is 34.8 Å². The summed E-state index contributed by atoms with van der Waals surface area (Å²) in [5, 5.41) is 1.39. The van der Waals surface area contributed by atoms with E-state index in [1.54, 1.807) is 24.7 Å². The molecule has 0 atom stereocenters. The number of hydrogen-bond donors (Lipinski definition) is 7. The van der Waals surface area contributed by atoms with Crippen LogP contribution in [-0.4, -0.2) is 95.1 Å². The molecule has 6 N–H and O–H groups in total. The molecule has 0 amide bonds. The molecule has 0 unspecified atom stereocenters. The van der Waals surface area contributed by atoms with Gasteiger partial charge in [-0.25, -0.2) is 44.7 Å². The number of carbonyl (C=O) groups excluding carboxylic acids is 1. The number of nitrogens with one attached hydrogen (secondary N) is 6. The molecule has 0 bridgehead atoms. The predicted octanol–water partition coefficient (Wildman–Crippen LogP) is 6.84. The molecule has 10 rings (SSSR count). The summed E-state index contributed by atoms with van der Waals surface area (Å²) in [5.74, 6) is -0.519. The first-order valence-electron chi connectivity index (χ1n) is 16.3. The molecular formula is C33H25BBr2Cl3N16O4S. The number of rotatable bonds is 1. The summed E-state index contributed by atoms with van der Waals surface area (Å²) in [4.78, 5) is 80.9. The number of fused-ring (bicyclic) bond motifs is 5. The van der Waals surface area contributed by atoms with Crippen molar-refractivity contribution in [2.45, 2.75) is 0 Å². The van der Waals surface area contributed by atoms with Gasteiger partial charge in [-0.1, -0.05) is 34.8 Å². The zero-order valence-electron chi connectivity index (χ0n) is 30.4. The number of thiol groups is 1. The Balaban J connectivity index is 0.000000140. The van der Waals surface area contributed by atoms with Gasteiger partial charge < -0.3 is 39.2 Å². The maximum atomic E-state index is 11.2. The Labute approximate surface area is 373 Å². The third kappa shape index (κ3) is 10.9. The third-order valence-electron chi connectivity index (χ3n) is 7.56. The van der Waals surface area contributed by atoms with Crippen LogP contribution in [0, 0.1) is 0 Å². The van der Waals surface area contributed by atoms with Crippen LogP contribution in [0.5, 0.6) is 0 Å². The Morgan fingerprint density at radius 2 is 1.25 bits per heavy atom. The Morgan fingerprint density at radius 1 is 0.700 bits per heavy atom. The minimum absolute atomic E-state index is 0.130. The van der Waals surface area contributed by atoms with Gasteiger partial charge in [-0.05, 0) is 44.0 Å². The van der Waals surface area contributed by atoms with Gasteiger partial charge in [0.15, 0.2) is 15.5 Å². The first kappa shape index (κ1) is 45.3. The molecule has 0 saturated heterocycles. The van der Waals surface area contributed by atoms with E-state index in [0.717, 1.165) is 42.0 Å². The van der Waals surface area contributed by atoms with Gasteiger partial charge in [-0.2, -0.15) is 0 Å². The summed E-state index contributed by atoms with van der Waals surface area (Å²) in [6.45, 7) is 0. The number of aromatic amines is 6. The number of ether oxygens (including phenoxy) is 1. The molecule has 0 aliphatic rings. The summed E-state index contributed by atoms with van der Waals surface area (Å²) in [7, 11) is 7.51. The van der Waals surface area contributed by atoms with Gasteiger partial charge in [-0.15, -0.1) is 0 Å². The van der Waals surface area contributed by atoms with Crippen LogP contribution in [0.1, 0.15) is 10.4 Å². The Morgan fingerprint density at radius 3 is 1.87 bits per heavy atom. The van der Waals surface area contributed by atoms with Gasteiger partial charge in [0.05, 0.1) is 39.7 Å². The average molecular weight is 1020 g/mol. The van der Waals surface area contributed by atoms with E-state index >= 15 is 0 Å². The van der Waals surface area contributed by atoms with Crippen LogP contribution in [0.15, 0.2) is 97.6 Å². The molecule has 27 heteroatoms. The van der Waals surface area contributed by atoms with Gasteiger partial charge in [0.1, 0.15) is 68.7 Å². The van der Waals surface area contributed by atoms with Crippen LogP contribution in [-0.2, 0) is 11.8 Å². The van der Waals surface area contributed by atoms with Crippen LogP contribution in [0.25, 0.3) is 55.2 Å². The summed E-state index contributed by atoms with van der Waals surface area (Å²) < 4.78 is 11.0. The second kappa shape index (κ2) is 21.5.